The summed E-state index contributed by atoms with van der Waals surface area (Å²) < 4.78 is 2.11. The van der Waals surface area contributed by atoms with Crippen LogP contribution in [0.25, 0.3) is 10.9 Å². The molecule has 20 heavy (non-hydrogen) atoms. The number of hydrogen-bond acceptors (Lipinski definition) is 3. The number of nitrogens with zero attached hydrogens (tertiary/aromatic N) is 3. The van der Waals surface area contributed by atoms with E-state index in [1.807, 2.05) is 18.3 Å². The third-order valence-electron chi connectivity index (χ3n) is 4.30. The van der Waals surface area contributed by atoms with Gasteiger partial charge in [0.15, 0.2) is 0 Å². The smallest absolute Gasteiger partial charge is 0.108 e. The Morgan fingerprint density at radius 3 is 3.15 bits per heavy atom. The zero-order valence-corrected chi connectivity index (χ0v) is 11.8. The molecule has 1 aromatic heterocycles. The molecular weight excluding hydrogens is 248 g/mol. The maximum absolute atomic E-state index is 9.56. The van der Waals surface area contributed by atoms with Crippen molar-refractivity contribution >= 4 is 10.9 Å². The van der Waals surface area contributed by atoms with Crippen molar-refractivity contribution in [3.8, 4) is 6.07 Å². The number of nitriles is 1. The molecular formula is C16H20N4. The molecule has 0 spiro atoms. The Hall–Kier alpha value is -1.86. The quantitative estimate of drug-likeness (QED) is 0.931. The number of aromatic nitrogens is 2. The van der Waals surface area contributed by atoms with Gasteiger partial charge in [-0.25, -0.2) is 0 Å². The Morgan fingerprint density at radius 1 is 1.50 bits per heavy atom. The largest absolute Gasteiger partial charge is 0.300 e. The van der Waals surface area contributed by atoms with Gasteiger partial charge in [0.2, 0.25) is 0 Å². The van der Waals surface area contributed by atoms with Crippen molar-refractivity contribution in [2.24, 2.45) is 0 Å². The van der Waals surface area contributed by atoms with Crippen molar-refractivity contribution in [1.29, 1.82) is 5.26 Å². The highest BCUT2D eigenvalue weighted by Crippen LogP contribution is 2.36. The molecule has 3 rings (SSSR count). The van der Waals surface area contributed by atoms with Crippen LogP contribution in [0, 0.1) is 11.3 Å². The van der Waals surface area contributed by atoms with E-state index in [0.29, 0.717) is 6.04 Å². The van der Waals surface area contributed by atoms with Crippen LogP contribution < -0.4 is 5.32 Å². The average molecular weight is 268 g/mol. The minimum Gasteiger partial charge on any atom is -0.300 e. The van der Waals surface area contributed by atoms with Crippen LogP contribution in [0.3, 0.4) is 0 Å². The highest BCUT2D eigenvalue weighted by Gasteiger charge is 2.37. The molecule has 2 unspecified atom stereocenters. The fourth-order valence-electron chi connectivity index (χ4n) is 3.38. The van der Waals surface area contributed by atoms with Crippen molar-refractivity contribution < 1.29 is 0 Å². The Balaban J connectivity index is 1.92. The first-order chi connectivity index (χ1) is 9.78. The van der Waals surface area contributed by atoms with Crippen LogP contribution in [0.1, 0.15) is 38.6 Å². The fourth-order valence-corrected chi connectivity index (χ4v) is 3.38. The summed E-state index contributed by atoms with van der Waals surface area (Å²) >= 11 is 0. The highest BCUT2D eigenvalue weighted by molar-refractivity contribution is 5.78. The third-order valence-corrected chi connectivity index (χ3v) is 4.30. The van der Waals surface area contributed by atoms with Gasteiger partial charge in [0, 0.05) is 11.8 Å². The molecule has 0 saturated heterocycles. The summed E-state index contributed by atoms with van der Waals surface area (Å²) in [4.78, 5) is 0. The van der Waals surface area contributed by atoms with Gasteiger partial charge in [0.05, 0.1) is 23.8 Å². The average Bonchev–Trinajstić information content (AvgIpc) is 2.92. The molecule has 1 aliphatic carbocycles. The van der Waals surface area contributed by atoms with E-state index in [9.17, 15) is 5.26 Å². The molecule has 104 valence electrons. The molecule has 1 heterocycles. The molecule has 1 aromatic carbocycles. The SMILES string of the molecule is CCNC1(C#N)CCCC(n2ncc3ccccc32)C1. The minimum atomic E-state index is -0.384. The second-order valence-corrected chi connectivity index (χ2v) is 5.62. The van der Waals surface area contributed by atoms with Crippen LogP contribution in [0.4, 0.5) is 0 Å². The van der Waals surface area contributed by atoms with Gasteiger partial charge >= 0.3 is 0 Å². The van der Waals surface area contributed by atoms with Crippen LogP contribution in [0.2, 0.25) is 0 Å². The van der Waals surface area contributed by atoms with Crippen molar-refractivity contribution in [3.63, 3.8) is 0 Å². The maximum Gasteiger partial charge on any atom is 0.108 e. The summed E-state index contributed by atoms with van der Waals surface area (Å²) in [6.45, 7) is 2.89. The maximum atomic E-state index is 9.56. The summed E-state index contributed by atoms with van der Waals surface area (Å²) in [5.41, 5.74) is 0.785. The van der Waals surface area contributed by atoms with Crippen LogP contribution in [0.5, 0.6) is 0 Å². The van der Waals surface area contributed by atoms with Gasteiger partial charge in [0.25, 0.3) is 0 Å². The molecule has 4 nitrogen and oxygen atoms in total. The summed E-state index contributed by atoms with van der Waals surface area (Å²) in [6, 6.07) is 11.1. The summed E-state index contributed by atoms with van der Waals surface area (Å²) in [6.07, 6.45) is 5.86. The van der Waals surface area contributed by atoms with Crippen molar-refractivity contribution in [2.75, 3.05) is 6.54 Å². The number of hydrogen-bond donors (Lipinski definition) is 1. The molecule has 1 N–H and O–H groups in total. The van der Waals surface area contributed by atoms with Gasteiger partial charge in [-0.3, -0.25) is 10.00 Å². The molecule has 0 radical (unpaired) electrons. The molecule has 0 aliphatic heterocycles. The normalized spacial score (nSPS) is 26.5. The topological polar surface area (TPSA) is 53.6 Å². The molecule has 1 aliphatic rings. The lowest BCUT2D eigenvalue weighted by molar-refractivity contribution is 0.226. The second kappa shape index (κ2) is 5.26. The van der Waals surface area contributed by atoms with Crippen LogP contribution >= 0.6 is 0 Å². The summed E-state index contributed by atoms with van der Waals surface area (Å²) in [5.74, 6) is 0. The number of fused-ring (bicyclic) bond motifs is 1. The van der Waals surface area contributed by atoms with Gasteiger partial charge in [0.1, 0.15) is 5.54 Å². The van der Waals surface area contributed by atoms with E-state index in [2.05, 4.69) is 40.2 Å². The number of nitrogens with one attached hydrogen (secondary N) is 1. The van der Waals surface area contributed by atoms with Crippen LogP contribution in [-0.4, -0.2) is 21.9 Å². The molecule has 2 atom stereocenters. The van der Waals surface area contributed by atoms with E-state index >= 15 is 0 Å². The Labute approximate surface area is 119 Å². The zero-order chi connectivity index (χ0) is 14.0. The first kappa shape index (κ1) is 13.1. The Bertz CT molecular complexity index is 635. The Kier molecular flexibility index (Phi) is 3.45. The van der Waals surface area contributed by atoms with Gasteiger partial charge < -0.3 is 0 Å². The highest BCUT2D eigenvalue weighted by atomic mass is 15.3. The summed E-state index contributed by atoms with van der Waals surface area (Å²) in [5, 5.41) is 18.7. The van der Waals surface area contributed by atoms with E-state index in [1.165, 1.54) is 10.9 Å². The monoisotopic (exact) mass is 268 g/mol. The standard InChI is InChI=1S/C16H20N4/c1-2-18-16(12-17)9-5-7-14(10-16)20-15-8-4-3-6-13(15)11-19-20/h3-4,6,8,11,14,18H,2,5,7,9-10H2,1H3. The lowest BCUT2D eigenvalue weighted by Gasteiger charge is -2.36. The minimum absolute atomic E-state index is 0.308. The number of para-hydroxylation sites is 1. The van der Waals surface area contributed by atoms with Crippen molar-refractivity contribution in [1.82, 2.24) is 15.1 Å². The van der Waals surface area contributed by atoms with Crippen LogP contribution in [-0.2, 0) is 0 Å². The third kappa shape index (κ3) is 2.19. The van der Waals surface area contributed by atoms with Crippen LogP contribution in [0.15, 0.2) is 30.5 Å². The predicted octanol–water partition coefficient (Wildman–Crippen LogP) is 3.02. The number of rotatable bonds is 3. The lowest BCUT2D eigenvalue weighted by Crippen LogP contribution is -2.47. The van der Waals surface area contributed by atoms with Gasteiger partial charge in [-0.2, -0.15) is 10.4 Å². The first-order valence-electron chi connectivity index (χ1n) is 7.36. The number of benzene rings is 1. The molecule has 2 aromatic rings. The Morgan fingerprint density at radius 2 is 2.35 bits per heavy atom. The van der Waals surface area contributed by atoms with E-state index in [4.69, 9.17) is 0 Å². The molecule has 4 heteroatoms. The molecule has 0 bridgehead atoms. The summed E-state index contributed by atoms with van der Waals surface area (Å²) in [7, 11) is 0. The first-order valence-corrected chi connectivity index (χ1v) is 7.36. The van der Waals surface area contributed by atoms with E-state index in [0.717, 1.165) is 32.2 Å². The fraction of sp³-hybridized carbons (Fsp3) is 0.500. The van der Waals surface area contributed by atoms with Crippen molar-refractivity contribution in [2.45, 2.75) is 44.2 Å². The lowest BCUT2D eigenvalue weighted by atomic mass is 9.80. The van der Waals surface area contributed by atoms with Gasteiger partial charge in [-0.05, 0) is 31.9 Å². The van der Waals surface area contributed by atoms with E-state index in [1.54, 1.807) is 0 Å². The van der Waals surface area contributed by atoms with Gasteiger partial charge in [-0.15, -0.1) is 0 Å². The zero-order valence-electron chi connectivity index (χ0n) is 11.8. The molecule has 1 saturated carbocycles. The second-order valence-electron chi connectivity index (χ2n) is 5.62. The molecule has 1 fully saturated rings. The molecule has 0 amide bonds. The van der Waals surface area contributed by atoms with Gasteiger partial charge in [-0.1, -0.05) is 25.1 Å². The predicted molar refractivity (Wildman–Crippen MR) is 79.3 cm³/mol. The van der Waals surface area contributed by atoms with Crippen molar-refractivity contribution in [3.05, 3.63) is 30.5 Å². The van der Waals surface area contributed by atoms with E-state index in [-0.39, 0.29) is 5.54 Å². The van der Waals surface area contributed by atoms with E-state index < -0.39 is 0 Å².